The van der Waals surface area contributed by atoms with Crippen molar-refractivity contribution in [1.82, 2.24) is 4.98 Å². The molecule has 0 saturated carbocycles. The average molecular weight is 321 g/mol. The van der Waals surface area contributed by atoms with Crippen LogP contribution in [-0.2, 0) is 6.42 Å². The van der Waals surface area contributed by atoms with Crippen LogP contribution in [0, 0.1) is 12.3 Å². The second-order valence-electron chi connectivity index (χ2n) is 6.44. The molecule has 0 fully saturated rings. The van der Waals surface area contributed by atoms with Crippen molar-refractivity contribution in [2.24, 2.45) is 5.41 Å². The molecule has 1 unspecified atom stereocenters. The molecular weight excluding hydrogens is 303 g/mol. The lowest BCUT2D eigenvalue weighted by Gasteiger charge is -2.29. The number of rotatable bonds is 2. The Balaban J connectivity index is 2.01. The molecule has 0 saturated heterocycles. The van der Waals surface area contributed by atoms with E-state index in [1.807, 2.05) is 19.1 Å². The number of aryl methyl sites for hydroxylation is 1. The first-order valence-corrected chi connectivity index (χ1v) is 7.79. The maximum absolute atomic E-state index is 6.23. The minimum absolute atomic E-state index is 0.0973. The van der Waals surface area contributed by atoms with Crippen molar-refractivity contribution in [2.75, 3.05) is 5.32 Å². The minimum atomic E-state index is 0.0973. The van der Waals surface area contributed by atoms with Crippen molar-refractivity contribution >= 4 is 28.9 Å². The Labute approximate surface area is 135 Å². The van der Waals surface area contributed by atoms with E-state index < -0.39 is 0 Å². The number of hydrogen-bond acceptors (Lipinski definition) is 2. The summed E-state index contributed by atoms with van der Waals surface area (Å²) < 4.78 is 0. The zero-order valence-corrected chi connectivity index (χ0v) is 13.9. The second-order valence-corrected chi connectivity index (χ2v) is 7.23. The van der Waals surface area contributed by atoms with Gasteiger partial charge in [0.15, 0.2) is 5.15 Å². The number of nitrogens with zero attached hydrogens (tertiary/aromatic N) is 1. The monoisotopic (exact) mass is 320 g/mol. The van der Waals surface area contributed by atoms with Crippen LogP contribution in [-0.4, -0.2) is 4.98 Å². The van der Waals surface area contributed by atoms with Crippen LogP contribution in [0.3, 0.4) is 0 Å². The first-order chi connectivity index (χ1) is 9.87. The normalized spacial score (nSPS) is 19.4. The number of benzene rings is 1. The van der Waals surface area contributed by atoms with Crippen molar-refractivity contribution in [3.63, 3.8) is 0 Å². The van der Waals surface area contributed by atoms with Crippen LogP contribution in [0.25, 0.3) is 0 Å². The number of hydrogen-bond donors (Lipinski definition) is 1. The Morgan fingerprint density at radius 3 is 2.76 bits per heavy atom. The van der Waals surface area contributed by atoms with E-state index in [-0.39, 0.29) is 11.5 Å². The van der Waals surface area contributed by atoms with Crippen molar-refractivity contribution in [3.05, 3.63) is 57.3 Å². The summed E-state index contributed by atoms with van der Waals surface area (Å²) in [6.07, 6.45) is 2.80. The summed E-state index contributed by atoms with van der Waals surface area (Å²) in [6, 6.07) is 8.35. The molecule has 2 nitrogen and oxygen atoms in total. The summed E-state index contributed by atoms with van der Waals surface area (Å²) in [4.78, 5) is 4.22. The van der Waals surface area contributed by atoms with Gasteiger partial charge in [-0.2, -0.15) is 0 Å². The van der Waals surface area contributed by atoms with Crippen molar-refractivity contribution in [1.29, 1.82) is 0 Å². The molecule has 1 atom stereocenters. The highest BCUT2D eigenvalue weighted by atomic mass is 35.5. The van der Waals surface area contributed by atoms with E-state index in [4.69, 9.17) is 23.2 Å². The molecule has 3 rings (SSSR count). The van der Waals surface area contributed by atoms with Gasteiger partial charge in [0.1, 0.15) is 0 Å². The maximum atomic E-state index is 6.23. The smallest absolute Gasteiger partial charge is 0.152 e. The number of pyridine rings is 1. The fourth-order valence-corrected chi connectivity index (χ4v) is 3.43. The van der Waals surface area contributed by atoms with Crippen LogP contribution >= 0.6 is 23.2 Å². The number of fused-ring (bicyclic) bond motifs is 1. The third-order valence-electron chi connectivity index (χ3n) is 4.12. The van der Waals surface area contributed by atoms with Crippen molar-refractivity contribution < 1.29 is 0 Å². The fraction of sp³-hybridized carbons (Fsp3) is 0.353. The molecule has 1 aromatic carbocycles. The van der Waals surface area contributed by atoms with Gasteiger partial charge in [0.05, 0.1) is 11.7 Å². The van der Waals surface area contributed by atoms with Gasteiger partial charge in [-0.15, -0.1) is 0 Å². The first-order valence-electron chi connectivity index (χ1n) is 7.04. The number of anilines is 1. The zero-order valence-electron chi connectivity index (χ0n) is 12.4. The quantitative estimate of drug-likeness (QED) is 0.746. The van der Waals surface area contributed by atoms with Gasteiger partial charge in [-0.1, -0.05) is 43.1 Å². The van der Waals surface area contributed by atoms with Gasteiger partial charge in [-0.3, -0.25) is 0 Å². The summed E-state index contributed by atoms with van der Waals surface area (Å²) in [7, 11) is 0. The highest BCUT2D eigenvalue weighted by molar-refractivity contribution is 6.32. The largest absolute Gasteiger partial charge is 0.375 e. The van der Waals surface area contributed by atoms with E-state index in [1.54, 1.807) is 6.20 Å². The summed E-state index contributed by atoms with van der Waals surface area (Å²) in [5, 5.41) is 4.85. The summed E-state index contributed by atoms with van der Waals surface area (Å²) in [6.45, 7) is 6.53. The van der Waals surface area contributed by atoms with E-state index in [9.17, 15) is 0 Å². The molecule has 1 aliphatic carbocycles. The van der Waals surface area contributed by atoms with Crippen LogP contribution in [0.5, 0.6) is 0 Å². The Kier molecular flexibility index (Phi) is 3.62. The van der Waals surface area contributed by atoms with E-state index in [0.29, 0.717) is 5.15 Å². The van der Waals surface area contributed by atoms with Crippen LogP contribution in [0.2, 0.25) is 10.2 Å². The molecule has 0 spiro atoms. The number of nitrogens with one attached hydrogen (secondary N) is 1. The molecule has 0 radical (unpaired) electrons. The highest BCUT2D eigenvalue weighted by Gasteiger charge is 2.39. The van der Waals surface area contributed by atoms with E-state index >= 15 is 0 Å². The standard InChI is InChI=1S/C17H18Cl2N2/c1-10-6-14(16(19)20-9-10)21-15-13-7-12(18)5-4-11(13)8-17(15,2)3/h4-7,9,15,21H,8H2,1-3H3. The molecule has 110 valence electrons. The van der Waals surface area contributed by atoms with E-state index in [0.717, 1.165) is 22.7 Å². The molecule has 2 aromatic rings. The predicted octanol–water partition coefficient (Wildman–Crippen LogP) is 5.43. The van der Waals surface area contributed by atoms with Crippen molar-refractivity contribution in [2.45, 2.75) is 33.2 Å². The molecular formula is C17H18Cl2N2. The molecule has 1 N–H and O–H groups in total. The fourth-order valence-electron chi connectivity index (χ4n) is 3.09. The summed E-state index contributed by atoms with van der Waals surface area (Å²) in [5.74, 6) is 0. The van der Waals surface area contributed by atoms with E-state index in [1.165, 1.54) is 11.1 Å². The van der Waals surface area contributed by atoms with Gasteiger partial charge < -0.3 is 5.32 Å². The highest BCUT2D eigenvalue weighted by Crippen LogP contribution is 2.48. The third-order valence-corrected chi connectivity index (χ3v) is 4.66. The lowest BCUT2D eigenvalue weighted by molar-refractivity contribution is 0.337. The van der Waals surface area contributed by atoms with Gasteiger partial charge in [0.2, 0.25) is 0 Å². The molecule has 0 bridgehead atoms. The van der Waals surface area contributed by atoms with Crippen LogP contribution in [0.4, 0.5) is 5.69 Å². The third kappa shape index (κ3) is 2.75. The Hall–Kier alpha value is -1.25. The van der Waals surface area contributed by atoms with Crippen LogP contribution < -0.4 is 5.32 Å². The SMILES string of the molecule is Cc1cnc(Cl)c(NC2c3cc(Cl)ccc3CC2(C)C)c1. The van der Waals surface area contributed by atoms with Gasteiger partial charge in [-0.25, -0.2) is 4.98 Å². The van der Waals surface area contributed by atoms with Crippen LogP contribution in [0.15, 0.2) is 30.5 Å². The van der Waals surface area contributed by atoms with Gasteiger partial charge in [0, 0.05) is 11.2 Å². The molecule has 1 aromatic heterocycles. The Morgan fingerprint density at radius 1 is 1.24 bits per heavy atom. The summed E-state index contributed by atoms with van der Waals surface area (Å²) in [5.41, 5.74) is 4.66. The average Bonchev–Trinajstić information content (AvgIpc) is 2.65. The maximum Gasteiger partial charge on any atom is 0.152 e. The molecule has 0 amide bonds. The Bertz CT molecular complexity index is 695. The second kappa shape index (κ2) is 5.19. The molecule has 1 heterocycles. The lowest BCUT2D eigenvalue weighted by atomic mass is 9.85. The topological polar surface area (TPSA) is 24.9 Å². The molecule has 1 aliphatic rings. The van der Waals surface area contributed by atoms with Crippen LogP contribution in [0.1, 0.15) is 36.6 Å². The molecule has 0 aliphatic heterocycles. The van der Waals surface area contributed by atoms with Gasteiger partial charge >= 0.3 is 0 Å². The number of aromatic nitrogens is 1. The lowest BCUT2D eigenvalue weighted by Crippen LogP contribution is -2.24. The Morgan fingerprint density at radius 2 is 2.00 bits per heavy atom. The first kappa shape index (κ1) is 14.7. The minimum Gasteiger partial charge on any atom is -0.375 e. The van der Waals surface area contributed by atoms with Crippen molar-refractivity contribution in [3.8, 4) is 0 Å². The van der Waals surface area contributed by atoms with Gasteiger partial charge in [-0.05, 0) is 53.6 Å². The molecule has 4 heteroatoms. The summed E-state index contributed by atoms with van der Waals surface area (Å²) >= 11 is 12.4. The number of halogens is 2. The van der Waals surface area contributed by atoms with Gasteiger partial charge in [0.25, 0.3) is 0 Å². The molecule has 21 heavy (non-hydrogen) atoms. The predicted molar refractivity (Wildman–Crippen MR) is 89.3 cm³/mol. The zero-order chi connectivity index (χ0) is 15.2. The van der Waals surface area contributed by atoms with E-state index in [2.05, 4.69) is 36.3 Å².